The van der Waals surface area contributed by atoms with Gasteiger partial charge in [-0.1, -0.05) is 11.6 Å². The zero-order valence-corrected chi connectivity index (χ0v) is 20.7. The van der Waals surface area contributed by atoms with E-state index in [0.29, 0.717) is 53.8 Å². The molecule has 1 atom stereocenters. The molecule has 0 bridgehead atoms. The predicted molar refractivity (Wildman–Crippen MR) is 135 cm³/mol. The molecule has 3 aliphatic rings. The fourth-order valence-corrected chi connectivity index (χ4v) is 4.16. The number of nitrogens with one attached hydrogen (secondary N) is 3. The van der Waals surface area contributed by atoms with Gasteiger partial charge in [0, 0.05) is 43.8 Å². The molecule has 1 aromatic rings. The third-order valence-corrected chi connectivity index (χ3v) is 6.36. The zero-order valence-electron chi connectivity index (χ0n) is 20.0. The number of halogens is 2. The Morgan fingerprint density at radius 2 is 2.14 bits per heavy atom. The monoisotopic (exact) mass is 518 g/mol. The van der Waals surface area contributed by atoms with Gasteiger partial charge < -0.3 is 35.7 Å². The van der Waals surface area contributed by atoms with E-state index in [-0.39, 0.29) is 30.4 Å². The first kappa shape index (κ1) is 25.8. The van der Waals surface area contributed by atoms with Gasteiger partial charge in [0.25, 0.3) is 11.8 Å². The molecule has 4 rings (SSSR count). The Labute approximate surface area is 213 Å². The highest BCUT2D eigenvalue weighted by atomic mass is 35.5. The van der Waals surface area contributed by atoms with Crippen LogP contribution in [-0.4, -0.2) is 78.9 Å². The van der Waals surface area contributed by atoms with E-state index in [0.717, 1.165) is 6.21 Å². The van der Waals surface area contributed by atoms with Crippen molar-refractivity contribution in [2.75, 3.05) is 43.1 Å². The van der Waals surface area contributed by atoms with Crippen LogP contribution in [0.3, 0.4) is 0 Å². The van der Waals surface area contributed by atoms with Crippen LogP contribution in [0.25, 0.3) is 0 Å². The second kappa shape index (κ2) is 10.4. The highest BCUT2D eigenvalue weighted by molar-refractivity contribution is 6.39. The van der Waals surface area contributed by atoms with Crippen LogP contribution < -0.4 is 15.5 Å². The number of rotatable bonds is 7. The Morgan fingerprint density at radius 1 is 1.42 bits per heavy atom. The van der Waals surface area contributed by atoms with Gasteiger partial charge in [0.05, 0.1) is 47.3 Å². The predicted octanol–water partition coefficient (Wildman–Crippen LogP) is 2.14. The average Bonchev–Trinajstić information content (AvgIpc) is 3.14. The fraction of sp³-hybridized carbons (Fsp3) is 0.417. The molecular formula is C24H28ClFN6O4. The summed E-state index contributed by atoms with van der Waals surface area (Å²) in [6, 6.07) is 3.40. The van der Waals surface area contributed by atoms with Crippen LogP contribution in [0.1, 0.15) is 29.8 Å². The van der Waals surface area contributed by atoms with Gasteiger partial charge in [-0.2, -0.15) is 0 Å². The molecule has 2 amide bonds. The molecule has 0 saturated carbocycles. The van der Waals surface area contributed by atoms with Gasteiger partial charge in [0.2, 0.25) is 0 Å². The third kappa shape index (κ3) is 5.43. The molecule has 4 N–H and O–H groups in total. The lowest BCUT2D eigenvalue weighted by atomic mass is 10.0. The number of nitrogens with zero attached hydrogens (tertiary/aromatic N) is 3. The molecule has 1 aromatic carbocycles. The first-order valence-corrected chi connectivity index (χ1v) is 11.8. The SMILES string of the molecule is CC(C)(O)[C@H](F)CN1Cc2cc(NC(=O)/C(C=N)=C3\N=CC(Cl)=CN3)c(N3CCOCC3)cc2C1=O. The van der Waals surface area contributed by atoms with E-state index < -0.39 is 17.7 Å². The van der Waals surface area contributed by atoms with Crippen molar-refractivity contribution in [3.63, 3.8) is 0 Å². The van der Waals surface area contributed by atoms with Gasteiger partial charge in [-0.3, -0.25) is 9.59 Å². The quantitative estimate of drug-likeness (QED) is 0.323. The fourth-order valence-electron chi connectivity index (χ4n) is 4.06. The van der Waals surface area contributed by atoms with Gasteiger partial charge in [-0.05, 0) is 31.5 Å². The maximum atomic E-state index is 14.5. The van der Waals surface area contributed by atoms with E-state index in [1.807, 2.05) is 4.90 Å². The third-order valence-electron chi connectivity index (χ3n) is 6.16. The molecule has 1 saturated heterocycles. The molecule has 0 radical (unpaired) electrons. The minimum absolute atomic E-state index is 0.0109. The number of morpholine rings is 1. The number of amides is 2. The van der Waals surface area contributed by atoms with Gasteiger partial charge in [0.1, 0.15) is 12.0 Å². The smallest absolute Gasteiger partial charge is 0.261 e. The van der Waals surface area contributed by atoms with Crippen molar-refractivity contribution < 1.29 is 23.8 Å². The number of hydrogen-bond acceptors (Lipinski definition) is 8. The summed E-state index contributed by atoms with van der Waals surface area (Å²) in [5, 5.41) is 23.7. The largest absolute Gasteiger partial charge is 0.387 e. The number of alkyl halides is 1. The van der Waals surface area contributed by atoms with E-state index in [9.17, 15) is 19.1 Å². The summed E-state index contributed by atoms with van der Waals surface area (Å²) in [5.74, 6) is -0.739. The number of benzene rings is 1. The standard InChI is InChI=1S/C24H28ClFN6O4/c1-24(2,35)20(26)13-32-12-14-7-18(19(8-16(14)23(32)34)31-3-5-36-6-4-31)30-22(33)17(9-27)21-28-10-15(25)11-29-21/h7-11,20,27-28,35H,3-6,12-13H2,1-2H3,(H,30,33)/b21-17-,27-9?/t20-/m1/s1. The molecule has 36 heavy (non-hydrogen) atoms. The van der Waals surface area contributed by atoms with Crippen LogP contribution in [0.4, 0.5) is 15.8 Å². The Kier molecular flexibility index (Phi) is 7.43. The second-order valence-electron chi connectivity index (χ2n) is 9.23. The number of aliphatic hydroxyl groups is 1. The summed E-state index contributed by atoms with van der Waals surface area (Å²) in [4.78, 5) is 33.7. The Bertz CT molecular complexity index is 1170. The molecule has 3 aliphatic heterocycles. The van der Waals surface area contributed by atoms with Crippen molar-refractivity contribution in [2.24, 2.45) is 4.99 Å². The van der Waals surface area contributed by atoms with Crippen LogP contribution in [0.2, 0.25) is 0 Å². The highest BCUT2D eigenvalue weighted by Gasteiger charge is 2.35. The first-order chi connectivity index (χ1) is 17.1. The maximum absolute atomic E-state index is 14.5. The lowest BCUT2D eigenvalue weighted by Gasteiger charge is -2.31. The van der Waals surface area contributed by atoms with E-state index in [4.69, 9.17) is 21.7 Å². The molecule has 12 heteroatoms. The van der Waals surface area contributed by atoms with Crippen molar-refractivity contribution in [1.29, 1.82) is 5.41 Å². The summed E-state index contributed by atoms with van der Waals surface area (Å²) in [5.41, 5.74) is 0.520. The molecule has 0 spiro atoms. The molecule has 10 nitrogen and oxygen atoms in total. The normalized spacial score (nSPS) is 19.9. The van der Waals surface area contributed by atoms with Gasteiger partial charge in [-0.15, -0.1) is 0 Å². The number of carbonyl (C=O) groups is 2. The highest BCUT2D eigenvalue weighted by Crippen LogP contribution is 2.35. The summed E-state index contributed by atoms with van der Waals surface area (Å²) in [6.45, 7) is 4.69. The molecule has 1 fully saturated rings. The van der Waals surface area contributed by atoms with Crippen LogP contribution >= 0.6 is 11.6 Å². The number of hydrogen-bond donors (Lipinski definition) is 4. The average molecular weight is 519 g/mol. The van der Waals surface area contributed by atoms with Crippen molar-refractivity contribution in [2.45, 2.75) is 32.2 Å². The van der Waals surface area contributed by atoms with Crippen LogP contribution in [0.5, 0.6) is 0 Å². The molecule has 0 aromatic heterocycles. The number of carbonyl (C=O) groups excluding carboxylic acids is 2. The maximum Gasteiger partial charge on any atom is 0.261 e. The second-order valence-corrected chi connectivity index (χ2v) is 9.66. The van der Waals surface area contributed by atoms with Crippen molar-refractivity contribution in [3.8, 4) is 0 Å². The Balaban J connectivity index is 1.66. The van der Waals surface area contributed by atoms with E-state index in [2.05, 4.69) is 15.6 Å². The molecule has 0 unspecified atom stereocenters. The summed E-state index contributed by atoms with van der Waals surface area (Å²) in [6.07, 6.45) is 2.10. The van der Waals surface area contributed by atoms with E-state index >= 15 is 0 Å². The van der Waals surface area contributed by atoms with Gasteiger partial charge >= 0.3 is 0 Å². The zero-order chi connectivity index (χ0) is 26.0. The molecule has 3 heterocycles. The lowest BCUT2D eigenvalue weighted by molar-refractivity contribution is -0.112. The van der Waals surface area contributed by atoms with E-state index in [1.54, 1.807) is 12.1 Å². The van der Waals surface area contributed by atoms with Crippen LogP contribution in [0.15, 0.2) is 39.8 Å². The topological polar surface area (TPSA) is 130 Å². The van der Waals surface area contributed by atoms with Crippen LogP contribution in [-0.2, 0) is 16.1 Å². The number of anilines is 2. The van der Waals surface area contributed by atoms with Crippen molar-refractivity contribution in [1.82, 2.24) is 10.2 Å². The lowest BCUT2D eigenvalue weighted by Crippen LogP contribution is -2.42. The Hall–Kier alpha value is -3.28. The van der Waals surface area contributed by atoms with Gasteiger partial charge in [-0.25, -0.2) is 9.38 Å². The number of aliphatic imine (C=N–C) groups is 1. The van der Waals surface area contributed by atoms with Crippen LogP contribution in [0, 0.1) is 5.41 Å². The summed E-state index contributed by atoms with van der Waals surface area (Å²) < 4.78 is 20.0. The van der Waals surface area contributed by atoms with E-state index in [1.165, 1.54) is 31.2 Å². The minimum Gasteiger partial charge on any atom is -0.387 e. The Morgan fingerprint density at radius 3 is 2.75 bits per heavy atom. The summed E-state index contributed by atoms with van der Waals surface area (Å²) in [7, 11) is 0. The first-order valence-electron chi connectivity index (χ1n) is 11.5. The van der Waals surface area contributed by atoms with Crippen molar-refractivity contribution in [3.05, 3.63) is 45.9 Å². The van der Waals surface area contributed by atoms with Crippen molar-refractivity contribution >= 4 is 47.2 Å². The number of ether oxygens (including phenoxy) is 1. The summed E-state index contributed by atoms with van der Waals surface area (Å²) >= 11 is 5.86. The van der Waals surface area contributed by atoms with Gasteiger partial charge in [0.15, 0.2) is 0 Å². The number of fused-ring (bicyclic) bond motifs is 1. The minimum atomic E-state index is -1.62. The molecule has 192 valence electrons. The molecular weight excluding hydrogens is 491 g/mol. The molecule has 0 aliphatic carbocycles. The number of allylic oxidation sites excluding steroid dienone is 1.